The zero-order valence-electron chi connectivity index (χ0n) is 18.5. The van der Waals surface area contributed by atoms with Gasteiger partial charge in [0.2, 0.25) is 5.78 Å². The number of rotatable bonds is 5. The highest BCUT2D eigenvalue weighted by atomic mass is 32.2. The zero-order chi connectivity index (χ0) is 23.4. The van der Waals surface area contributed by atoms with Crippen molar-refractivity contribution in [2.75, 3.05) is 12.4 Å². The second-order valence-corrected chi connectivity index (χ2v) is 10.4. The van der Waals surface area contributed by atoms with Crippen LogP contribution in [0, 0.1) is 0 Å². The van der Waals surface area contributed by atoms with Crippen LogP contribution in [-0.4, -0.2) is 59.7 Å². The third-order valence-corrected chi connectivity index (χ3v) is 7.77. The molecule has 0 spiro atoms. The number of aryl methyl sites for hydroxylation is 1. The number of thioether (sulfide) groups is 1. The predicted octanol–water partition coefficient (Wildman–Crippen LogP) is 0.962. The Bertz CT molecular complexity index is 1480. The molecular formula is C20H20N5O7PS. The first kappa shape index (κ1) is 22.0. The van der Waals surface area contributed by atoms with Crippen LogP contribution in [0.5, 0.6) is 0 Å². The Hall–Kier alpha value is -2.51. The van der Waals surface area contributed by atoms with Crippen molar-refractivity contribution in [1.29, 1.82) is 0 Å². The molecule has 2 fully saturated rings. The highest BCUT2D eigenvalue weighted by Crippen LogP contribution is 2.50. The summed E-state index contributed by atoms with van der Waals surface area (Å²) in [5, 5.41) is 11.4. The number of imidazole rings is 2. The van der Waals surface area contributed by atoms with Crippen molar-refractivity contribution in [3.05, 3.63) is 58.6 Å². The van der Waals surface area contributed by atoms with Gasteiger partial charge in [-0.2, -0.15) is 0 Å². The number of aromatic amines is 1. The van der Waals surface area contributed by atoms with Crippen molar-refractivity contribution >= 4 is 36.5 Å². The summed E-state index contributed by atoms with van der Waals surface area (Å²) < 4.78 is 30.4. The molecule has 1 aromatic carbocycles. The van der Waals surface area contributed by atoms with Crippen molar-refractivity contribution in [1.82, 2.24) is 23.9 Å². The van der Waals surface area contributed by atoms with Crippen molar-refractivity contribution in [2.24, 2.45) is 0 Å². The van der Waals surface area contributed by atoms with E-state index in [-0.39, 0.29) is 19.1 Å². The summed E-state index contributed by atoms with van der Waals surface area (Å²) in [6.07, 6.45) is -0.585. The standard InChI is InChI=1S/C20H20N5O7PS/c26-14-15-12(10-30-33(28,29)32-15)31-18(14)25-16-13(17(27)24-8-7-21-19(24)23-16)22-20(25)34-9-6-11-4-2-1-3-5-11/h1-5,7-8,12,14-15,18,26H,6,9-10H2,(H,21,23)(H,28,29)/t12?,14?,15-,18-/m1/s1. The van der Waals surface area contributed by atoms with Crippen LogP contribution >= 0.6 is 19.6 Å². The molecule has 178 valence electrons. The van der Waals surface area contributed by atoms with Crippen LogP contribution in [0.15, 0.2) is 52.7 Å². The van der Waals surface area contributed by atoms with Crippen LogP contribution in [0.1, 0.15) is 13.2 Å². The molecule has 12 nitrogen and oxygen atoms in total. The molecule has 0 radical (unpaired) electrons. The molecule has 0 bridgehead atoms. The Balaban J connectivity index is 0.00000253. The van der Waals surface area contributed by atoms with Gasteiger partial charge in [-0.15, -0.1) is 0 Å². The van der Waals surface area contributed by atoms with Crippen LogP contribution in [0.25, 0.3) is 16.9 Å². The first-order valence-electron chi connectivity index (χ1n) is 10.5. The van der Waals surface area contributed by atoms with Gasteiger partial charge in [-0.25, -0.2) is 14.4 Å². The number of ether oxygens (including phenoxy) is 1. The molecule has 0 saturated carbocycles. The molecule has 4 aromatic rings. The molecule has 2 N–H and O–H groups in total. The van der Waals surface area contributed by atoms with Crippen LogP contribution in [-0.2, 0) is 24.8 Å². The average Bonchev–Trinajstić information content (AvgIpc) is 3.51. The first-order valence-corrected chi connectivity index (χ1v) is 13.0. The Morgan fingerprint density at radius 3 is 3.00 bits per heavy atom. The minimum Gasteiger partial charge on any atom is -0.756 e. The van der Waals surface area contributed by atoms with Gasteiger partial charge in [0.1, 0.15) is 24.0 Å². The SMILES string of the molecule is O=c1c2nc(SCCc3ccccc3)n([C@@H]3OC4COP(=O)([O-])O[C@H]4C3O)c2[nH]c2nccn12.[H+]. The number of fused-ring (bicyclic) bond motifs is 3. The van der Waals surface area contributed by atoms with Gasteiger partial charge < -0.3 is 28.8 Å². The monoisotopic (exact) mass is 505 g/mol. The Kier molecular flexibility index (Phi) is 5.37. The minimum absolute atomic E-state index is 0. The molecule has 2 aliphatic heterocycles. The van der Waals surface area contributed by atoms with E-state index in [9.17, 15) is 19.4 Å². The van der Waals surface area contributed by atoms with Gasteiger partial charge in [-0.05, 0) is 12.0 Å². The molecule has 0 amide bonds. The molecular weight excluding hydrogens is 485 g/mol. The van der Waals surface area contributed by atoms with Crippen molar-refractivity contribution in [3.63, 3.8) is 0 Å². The van der Waals surface area contributed by atoms with Gasteiger partial charge in [0.15, 0.2) is 16.9 Å². The average molecular weight is 505 g/mol. The number of aliphatic hydroxyl groups excluding tert-OH is 1. The number of phosphoric acid groups is 1. The topological polar surface area (TPSA) is 156 Å². The van der Waals surface area contributed by atoms with Crippen molar-refractivity contribution < 1.29 is 29.8 Å². The maximum atomic E-state index is 13.0. The summed E-state index contributed by atoms with van der Waals surface area (Å²) >= 11 is 1.39. The fourth-order valence-corrected chi connectivity index (χ4v) is 6.20. The number of nitrogens with zero attached hydrogens (tertiary/aromatic N) is 4. The lowest BCUT2D eigenvalue weighted by Gasteiger charge is -2.34. The molecule has 0 aliphatic carbocycles. The fraction of sp³-hybridized carbons (Fsp3) is 0.350. The molecule has 5 heterocycles. The Morgan fingerprint density at radius 1 is 1.35 bits per heavy atom. The van der Waals surface area contributed by atoms with E-state index in [4.69, 9.17) is 13.8 Å². The normalized spacial score (nSPS) is 29.1. The van der Waals surface area contributed by atoms with E-state index in [1.54, 1.807) is 4.57 Å². The fourth-order valence-electron chi connectivity index (χ4n) is 4.24. The summed E-state index contributed by atoms with van der Waals surface area (Å²) in [6, 6.07) is 9.92. The molecule has 2 saturated heterocycles. The van der Waals surface area contributed by atoms with Gasteiger partial charge in [-0.1, -0.05) is 42.1 Å². The largest absolute Gasteiger partial charge is 1.00 e. The van der Waals surface area contributed by atoms with E-state index in [0.717, 1.165) is 12.0 Å². The maximum Gasteiger partial charge on any atom is 1.00 e. The number of phosphoric ester groups is 1. The zero-order valence-corrected chi connectivity index (χ0v) is 19.2. The summed E-state index contributed by atoms with van der Waals surface area (Å²) in [7, 11) is -4.53. The van der Waals surface area contributed by atoms with E-state index in [1.165, 1.54) is 28.6 Å². The molecule has 3 unspecified atom stereocenters. The highest BCUT2D eigenvalue weighted by Gasteiger charge is 2.51. The molecule has 6 rings (SSSR count). The smallest absolute Gasteiger partial charge is 0.756 e. The molecule has 5 atom stereocenters. The lowest BCUT2D eigenvalue weighted by atomic mass is 10.1. The van der Waals surface area contributed by atoms with Crippen molar-refractivity contribution in [2.45, 2.75) is 36.1 Å². The van der Waals surface area contributed by atoms with Crippen LogP contribution in [0.2, 0.25) is 0 Å². The third kappa shape index (κ3) is 3.69. The highest BCUT2D eigenvalue weighted by molar-refractivity contribution is 7.99. The molecule has 2 aliphatic rings. The van der Waals surface area contributed by atoms with Gasteiger partial charge in [0, 0.05) is 18.1 Å². The van der Waals surface area contributed by atoms with E-state index in [0.29, 0.717) is 22.3 Å². The van der Waals surface area contributed by atoms with E-state index < -0.39 is 32.4 Å². The van der Waals surface area contributed by atoms with Gasteiger partial charge in [0.05, 0.1) is 6.61 Å². The number of hydrogen-bond acceptors (Lipinski definition) is 10. The quantitative estimate of drug-likeness (QED) is 0.296. The van der Waals surface area contributed by atoms with Crippen LogP contribution < -0.4 is 10.5 Å². The second-order valence-electron chi connectivity index (χ2n) is 7.97. The summed E-state index contributed by atoms with van der Waals surface area (Å²) in [4.78, 5) is 36.6. The third-order valence-electron chi connectivity index (χ3n) is 5.85. The van der Waals surface area contributed by atoms with Gasteiger partial charge in [0.25, 0.3) is 13.4 Å². The molecule has 14 heteroatoms. The number of H-pyrrole nitrogens is 1. The number of benzene rings is 1. The van der Waals surface area contributed by atoms with Gasteiger partial charge >= 0.3 is 1.43 Å². The second kappa shape index (κ2) is 8.31. The Morgan fingerprint density at radius 2 is 2.18 bits per heavy atom. The molecule has 34 heavy (non-hydrogen) atoms. The lowest BCUT2D eigenvalue weighted by molar-refractivity contribution is -0.245. The van der Waals surface area contributed by atoms with Crippen LogP contribution in [0.4, 0.5) is 0 Å². The minimum atomic E-state index is -4.53. The Labute approximate surface area is 197 Å². The summed E-state index contributed by atoms with van der Waals surface area (Å²) in [5.41, 5.74) is 1.22. The van der Waals surface area contributed by atoms with Gasteiger partial charge in [-0.3, -0.25) is 13.9 Å². The van der Waals surface area contributed by atoms with E-state index >= 15 is 0 Å². The van der Waals surface area contributed by atoms with Crippen LogP contribution in [0.3, 0.4) is 0 Å². The lowest BCUT2D eigenvalue weighted by Crippen LogP contribution is -2.41. The summed E-state index contributed by atoms with van der Waals surface area (Å²) in [5.74, 6) is 0.942. The molecule has 3 aromatic heterocycles. The first-order chi connectivity index (χ1) is 16.4. The van der Waals surface area contributed by atoms with E-state index in [1.807, 2.05) is 30.3 Å². The number of aliphatic hydroxyl groups is 1. The maximum absolute atomic E-state index is 13.0. The number of aromatic nitrogens is 5. The van der Waals surface area contributed by atoms with E-state index in [2.05, 4.69) is 15.0 Å². The summed E-state index contributed by atoms with van der Waals surface area (Å²) in [6.45, 7) is -0.275. The number of hydrogen-bond donors (Lipinski definition) is 2. The number of nitrogens with one attached hydrogen (secondary N) is 1. The predicted molar refractivity (Wildman–Crippen MR) is 119 cm³/mol. The van der Waals surface area contributed by atoms with Crippen molar-refractivity contribution in [3.8, 4) is 0 Å².